The number of aromatic hydroxyl groups is 1. The Hall–Kier alpha value is -1.54. The molecule has 136 valence electrons. The molecule has 0 spiro atoms. The lowest BCUT2D eigenvalue weighted by atomic mass is 9.95. The van der Waals surface area contributed by atoms with Crippen molar-refractivity contribution in [1.29, 1.82) is 0 Å². The first-order valence-electron chi connectivity index (χ1n) is 7.87. The zero-order valence-electron chi connectivity index (χ0n) is 13.2. The molecule has 2 fully saturated rings. The number of aliphatic hydroxyl groups is 2. The second-order valence-electron chi connectivity index (χ2n) is 6.34. The van der Waals surface area contributed by atoms with Crippen molar-refractivity contribution < 1.29 is 24.9 Å². The average molecular weight is 389 g/mol. The van der Waals surface area contributed by atoms with Crippen molar-refractivity contribution in [2.45, 2.75) is 24.5 Å². The molecule has 2 amide bonds. The molecule has 25 heavy (non-hydrogen) atoms. The molecule has 0 aromatic heterocycles. The predicted octanol–water partition coefficient (Wildman–Crippen LogP) is 0.579. The van der Waals surface area contributed by atoms with E-state index in [1.165, 1.54) is 17.0 Å². The van der Waals surface area contributed by atoms with Gasteiger partial charge in [-0.15, -0.1) is 0 Å². The normalized spacial score (nSPS) is 24.4. The van der Waals surface area contributed by atoms with Gasteiger partial charge in [0.1, 0.15) is 5.75 Å². The molecule has 1 aromatic carbocycles. The van der Waals surface area contributed by atoms with Crippen LogP contribution in [0.2, 0.25) is 10.0 Å². The Kier molecular flexibility index (Phi) is 5.11. The second kappa shape index (κ2) is 6.99. The Balaban J connectivity index is 1.81. The number of amides is 2. The summed E-state index contributed by atoms with van der Waals surface area (Å²) in [5.74, 6) is -1.08. The van der Waals surface area contributed by atoms with E-state index in [-0.39, 0.29) is 41.7 Å². The number of phenolic OH excluding ortho intramolecular Hbond substituents is 1. The number of piperazine rings is 1. The van der Waals surface area contributed by atoms with Gasteiger partial charge in [-0.2, -0.15) is 0 Å². The van der Waals surface area contributed by atoms with Gasteiger partial charge in [-0.25, -0.2) is 0 Å². The Morgan fingerprint density at radius 2 is 2.04 bits per heavy atom. The first-order valence-corrected chi connectivity index (χ1v) is 8.63. The molecule has 3 atom stereocenters. The van der Waals surface area contributed by atoms with Crippen molar-refractivity contribution >= 4 is 35.0 Å². The van der Waals surface area contributed by atoms with Crippen LogP contribution in [0.5, 0.6) is 5.75 Å². The minimum absolute atomic E-state index is 0.0235. The molecule has 0 radical (unpaired) electrons. The fourth-order valence-corrected chi connectivity index (χ4v) is 4.06. The van der Waals surface area contributed by atoms with E-state index in [1.807, 2.05) is 0 Å². The number of benzene rings is 1. The van der Waals surface area contributed by atoms with E-state index in [0.29, 0.717) is 23.6 Å². The molecule has 2 saturated heterocycles. The molecule has 3 N–H and O–H groups in total. The monoisotopic (exact) mass is 388 g/mol. The predicted molar refractivity (Wildman–Crippen MR) is 90.7 cm³/mol. The minimum atomic E-state index is -1.53. The van der Waals surface area contributed by atoms with Gasteiger partial charge < -0.3 is 25.1 Å². The fourth-order valence-electron chi connectivity index (χ4n) is 3.58. The highest BCUT2D eigenvalue weighted by atomic mass is 35.5. The first kappa shape index (κ1) is 18.3. The van der Waals surface area contributed by atoms with E-state index >= 15 is 0 Å². The molecule has 0 aliphatic carbocycles. The zero-order valence-corrected chi connectivity index (χ0v) is 14.7. The van der Waals surface area contributed by atoms with E-state index in [9.17, 15) is 19.8 Å². The smallest absolute Gasteiger partial charge is 0.254 e. The lowest BCUT2D eigenvalue weighted by molar-refractivity contribution is -0.153. The number of nitrogens with zero attached hydrogens (tertiary/aromatic N) is 2. The number of aliphatic hydroxyl groups excluding tert-OH is 2. The van der Waals surface area contributed by atoms with Gasteiger partial charge in [0, 0.05) is 24.6 Å². The number of phenols is 1. The van der Waals surface area contributed by atoms with E-state index < -0.39 is 18.6 Å². The van der Waals surface area contributed by atoms with E-state index in [1.54, 1.807) is 4.90 Å². The van der Waals surface area contributed by atoms with Gasteiger partial charge >= 0.3 is 0 Å². The highest BCUT2D eigenvalue weighted by Crippen LogP contribution is 2.43. The number of carbonyl (C=O) groups excluding carboxylic acids is 2. The van der Waals surface area contributed by atoms with Crippen LogP contribution in [0.25, 0.3) is 0 Å². The summed E-state index contributed by atoms with van der Waals surface area (Å²) < 4.78 is 0. The summed E-state index contributed by atoms with van der Waals surface area (Å²) in [6.45, 7) is -0.195. The van der Waals surface area contributed by atoms with Crippen LogP contribution in [0.1, 0.15) is 17.9 Å². The molecule has 7 nitrogen and oxygen atoms in total. The van der Waals surface area contributed by atoms with Gasteiger partial charge in [-0.05, 0) is 18.6 Å². The summed E-state index contributed by atoms with van der Waals surface area (Å²) in [5.41, 5.74) is 0.504. The SMILES string of the molecule is O=C([C@@H](O)CO)N1CC(=O)N2C[C@@H](c3c(O)ccc(Cl)c3Cl)C[C@H]2C1. The van der Waals surface area contributed by atoms with Crippen LogP contribution in [0.15, 0.2) is 12.1 Å². The van der Waals surface area contributed by atoms with Crippen LogP contribution >= 0.6 is 23.2 Å². The highest BCUT2D eigenvalue weighted by molar-refractivity contribution is 6.42. The van der Waals surface area contributed by atoms with Crippen molar-refractivity contribution in [3.8, 4) is 5.75 Å². The summed E-state index contributed by atoms with van der Waals surface area (Å²) in [6, 6.07) is 2.73. The molecule has 2 aliphatic heterocycles. The zero-order chi connectivity index (χ0) is 18.3. The molecule has 2 heterocycles. The molecule has 0 unspecified atom stereocenters. The minimum Gasteiger partial charge on any atom is -0.508 e. The molecule has 9 heteroatoms. The topological polar surface area (TPSA) is 101 Å². The maximum absolute atomic E-state index is 12.4. The maximum Gasteiger partial charge on any atom is 0.254 e. The summed E-state index contributed by atoms with van der Waals surface area (Å²) in [7, 11) is 0. The third-order valence-corrected chi connectivity index (χ3v) is 5.60. The molecule has 3 rings (SSSR count). The Morgan fingerprint density at radius 3 is 2.72 bits per heavy atom. The van der Waals surface area contributed by atoms with Crippen LogP contribution < -0.4 is 0 Å². The van der Waals surface area contributed by atoms with E-state index in [0.717, 1.165) is 0 Å². The second-order valence-corrected chi connectivity index (χ2v) is 7.13. The number of fused-ring (bicyclic) bond motifs is 1. The van der Waals surface area contributed by atoms with Crippen molar-refractivity contribution in [3.63, 3.8) is 0 Å². The number of hydrogen-bond acceptors (Lipinski definition) is 5. The molecule has 2 aliphatic rings. The summed E-state index contributed by atoms with van der Waals surface area (Å²) in [6.07, 6.45) is -1.01. The van der Waals surface area contributed by atoms with Crippen molar-refractivity contribution in [2.24, 2.45) is 0 Å². The van der Waals surface area contributed by atoms with Gasteiger partial charge in [0.25, 0.3) is 5.91 Å². The van der Waals surface area contributed by atoms with Crippen molar-refractivity contribution in [2.75, 3.05) is 26.2 Å². The van der Waals surface area contributed by atoms with E-state index in [2.05, 4.69) is 0 Å². The maximum atomic E-state index is 12.4. The molecular formula is C16H18Cl2N2O5. The highest BCUT2D eigenvalue weighted by Gasteiger charge is 2.43. The van der Waals surface area contributed by atoms with E-state index in [4.69, 9.17) is 28.3 Å². The average Bonchev–Trinajstić information content (AvgIpc) is 3.01. The lowest BCUT2D eigenvalue weighted by Gasteiger charge is -2.37. The van der Waals surface area contributed by atoms with Crippen LogP contribution in [-0.2, 0) is 9.59 Å². The van der Waals surface area contributed by atoms with Gasteiger partial charge in [-0.3, -0.25) is 9.59 Å². The summed E-state index contributed by atoms with van der Waals surface area (Å²) in [4.78, 5) is 27.3. The number of rotatable bonds is 3. The Morgan fingerprint density at radius 1 is 1.32 bits per heavy atom. The molecule has 1 aromatic rings. The van der Waals surface area contributed by atoms with Gasteiger partial charge in [0.05, 0.1) is 29.2 Å². The van der Waals surface area contributed by atoms with Gasteiger partial charge in [-0.1, -0.05) is 23.2 Å². The Labute approximate surface area is 154 Å². The molecule has 0 bridgehead atoms. The van der Waals surface area contributed by atoms with Crippen LogP contribution in [0, 0.1) is 0 Å². The lowest BCUT2D eigenvalue weighted by Crippen LogP contribution is -2.57. The number of hydrogen-bond donors (Lipinski definition) is 3. The first-order chi connectivity index (χ1) is 11.8. The Bertz CT molecular complexity index is 714. The third-order valence-electron chi connectivity index (χ3n) is 4.78. The standard InChI is InChI=1S/C16H18Cl2N2O5/c17-10-1-2-11(22)14(15(10)18)8-3-9-5-19(16(25)12(23)7-21)6-13(24)20(9)4-8/h1-2,8-9,12,21-23H,3-7H2/t8-,9-,12-/m0/s1. The van der Waals surface area contributed by atoms with Crippen LogP contribution in [0.4, 0.5) is 0 Å². The quantitative estimate of drug-likeness (QED) is 0.702. The molecular weight excluding hydrogens is 371 g/mol. The van der Waals surface area contributed by atoms with Crippen molar-refractivity contribution in [3.05, 3.63) is 27.7 Å². The fraction of sp³-hybridized carbons (Fsp3) is 0.500. The number of carbonyl (C=O) groups is 2. The molecule has 0 saturated carbocycles. The van der Waals surface area contributed by atoms with Crippen LogP contribution in [-0.4, -0.2) is 75.3 Å². The van der Waals surface area contributed by atoms with Gasteiger partial charge in [0.15, 0.2) is 6.10 Å². The summed E-state index contributed by atoms with van der Waals surface area (Å²) >= 11 is 12.3. The number of halogens is 2. The van der Waals surface area contributed by atoms with Crippen LogP contribution in [0.3, 0.4) is 0 Å². The summed E-state index contributed by atoms with van der Waals surface area (Å²) in [5, 5.41) is 29.2. The van der Waals surface area contributed by atoms with Crippen molar-refractivity contribution in [1.82, 2.24) is 9.80 Å². The third kappa shape index (κ3) is 3.29. The largest absolute Gasteiger partial charge is 0.508 e. The van der Waals surface area contributed by atoms with Gasteiger partial charge in [0.2, 0.25) is 5.91 Å².